The van der Waals surface area contributed by atoms with E-state index in [0.717, 1.165) is 17.7 Å². The maximum absolute atomic E-state index is 12.1. The van der Waals surface area contributed by atoms with Crippen LogP contribution in [0.3, 0.4) is 0 Å². The highest BCUT2D eigenvalue weighted by Gasteiger charge is 2.21. The predicted octanol–water partition coefficient (Wildman–Crippen LogP) is 2.07. The van der Waals surface area contributed by atoms with Crippen molar-refractivity contribution in [3.63, 3.8) is 0 Å². The van der Waals surface area contributed by atoms with Crippen molar-refractivity contribution in [1.29, 1.82) is 0 Å². The van der Waals surface area contributed by atoms with E-state index in [1.165, 1.54) is 0 Å². The smallest absolute Gasteiger partial charge is 0.260 e. The standard InChI is InChI=1S/C16H26N2O2/c1-5-13-8-6-7-9-14(13)20-10-15(19)18(4)12-16(2,3)11-17/h6-9H,5,10-12,17H2,1-4H3. The van der Waals surface area contributed by atoms with Gasteiger partial charge in [0.15, 0.2) is 6.61 Å². The molecule has 1 rings (SSSR count). The highest BCUT2D eigenvalue weighted by atomic mass is 16.5. The van der Waals surface area contributed by atoms with Crippen LogP contribution < -0.4 is 10.5 Å². The molecule has 2 N–H and O–H groups in total. The van der Waals surface area contributed by atoms with Gasteiger partial charge in [0, 0.05) is 13.6 Å². The van der Waals surface area contributed by atoms with Crippen molar-refractivity contribution in [3.05, 3.63) is 29.8 Å². The van der Waals surface area contributed by atoms with Crippen LogP contribution in [-0.2, 0) is 11.2 Å². The van der Waals surface area contributed by atoms with E-state index in [-0.39, 0.29) is 17.9 Å². The summed E-state index contributed by atoms with van der Waals surface area (Å²) in [4.78, 5) is 13.8. The normalized spacial score (nSPS) is 11.2. The fraction of sp³-hybridized carbons (Fsp3) is 0.562. The number of carbonyl (C=O) groups excluding carboxylic acids is 1. The van der Waals surface area contributed by atoms with Gasteiger partial charge in [-0.15, -0.1) is 0 Å². The van der Waals surface area contributed by atoms with Gasteiger partial charge in [-0.1, -0.05) is 39.0 Å². The highest BCUT2D eigenvalue weighted by molar-refractivity contribution is 5.77. The second-order valence-corrected chi connectivity index (χ2v) is 5.87. The lowest BCUT2D eigenvalue weighted by atomic mass is 9.93. The summed E-state index contributed by atoms with van der Waals surface area (Å²) in [7, 11) is 1.79. The Morgan fingerprint density at radius 3 is 2.60 bits per heavy atom. The summed E-state index contributed by atoms with van der Waals surface area (Å²) in [6.45, 7) is 7.40. The zero-order valence-electron chi connectivity index (χ0n) is 13.0. The largest absolute Gasteiger partial charge is 0.483 e. The van der Waals surface area contributed by atoms with Crippen LogP contribution in [0.15, 0.2) is 24.3 Å². The molecule has 1 aromatic carbocycles. The third kappa shape index (κ3) is 4.85. The van der Waals surface area contributed by atoms with Crippen molar-refractivity contribution >= 4 is 5.91 Å². The maximum atomic E-state index is 12.1. The Morgan fingerprint density at radius 2 is 2.00 bits per heavy atom. The van der Waals surface area contributed by atoms with Gasteiger partial charge >= 0.3 is 0 Å². The number of hydrogen-bond donors (Lipinski definition) is 1. The number of para-hydroxylation sites is 1. The van der Waals surface area contributed by atoms with Crippen LogP contribution in [0.4, 0.5) is 0 Å². The first-order chi connectivity index (χ1) is 9.39. The Morgan fingerprint density at radius 1 is 1.35 bits per heavy atom. The number of benzene rings is 1. The van der Waals surface area contributed by atoms with Crippen LogP contribution in [0.2, 0.25) is 0 Å². The lowest BCUT2D eigenvalue weighted by Crippen LogP contribution is -2.41. The van der Waals surface area contributed by atoms with Crippen molar-refractivity contribution < 1.29 is 9.53 Å². The van der Waals surface area contributed by atoms with Gasteiger partial charge in [-0.3, -0.25) is 4.79 Å². The predicted molar refractivity (Wildman–Crippen MR) is 81.8 cm³/mol. The summed E-state index contributed by atoms with van der Waals surface area (Å²) >= 11 is 0. The third-order valence-electron chi connectivity index (χ3n) is 3.35. The second-order valence-electron chi connectivity index (χ2n) is 5.87. The zero-order chi connectivity index (χ0) is 15.2. The molecule has 0 unspecified atom stereocenters. The van der Waals surface area contributed by atoms with Crippen LogP contribution in [0, 0.1) is 5.41 Å². The molecule has 0 bridgehead atoms. The Labute approximate surface area is 121 Å². The minimum Gasteiger partial charge on any atom is -0.483 e. The molecule has 0 radical (unpaired) electrons. The molecule has 0 heterocycles. The molecular weight excluding hydrogens is 252 g/mol. The summed E-state index contributed by atoms with van der Waals surface area (Å²) in [6, 6.07) is 7.81. The lowest BCUT2D eigenvalue weighted by Gasteiger charge is -2.29. The summed E-state index contributed by atoms with van der Waals surface area (Å²) in [5, 5.41) is 0. The van der Waals surface area contributed by atoms with Gasteiger partial charge in [-0.2, -0.15) is 0 Å². The third-order valence-corrected chi connectivity index (χ3v) is 3.35. The van der Waals surface area contributed by atoms with Gasteiger partial charge in [-0.25, -0.2) is 0 Å². The first-order valence-electron chi connectivity index (χ1n) is 7.04. The van der Waals surface area contributed by atoms with E-state index in [2.05, 4.69) is 6.92 Å². The molecule has 0 spiro atoms. The van der Waals surface area contributed by atoms with Crippen LogP contribution in [0.1, 0.15) is 26.3 Å². The number of rotatable bonds is 7. The quantitative estimate of drug-likeness (QED) is 0.830. The van der Waals surface area contributed by atoms with Crippen LogP contribution in [-0.4, -0.2) is 37.6 Å². The van der Waals surface area contributed by atoms with Gasteiger partial charge in [0.05, 0.1) is 0 Å². The summed E-state index contributed by atoms with van der Waals surface area (Å²) in [5.74, 6) is 0.757. The summed E-state index contributed by atoms with van der Waals surface area (Å²) in [5.41, 5.74) is 6.73. The van der Waals surface area contributed by atoms with Crippen molar-refractivity contribution in [3.8, 4) is 5.75 Å². The number of ether oxygens (including phenoxy) is 1. The Balaban J connectivity index is 2.55. The molecule has 0 aliphatic carbocycles. The van der Waals surface area contributed by atoms with E-state index in [1.54, 1.807) is 11.9 Å². The molecule has 20 heavy (non-hydrogen) atoms. The summed E-state index contributed by atoms with van der Waals surface area (Å²) in [6.07, 6.45) is 0.889. The molecule has 0 aromatic heterocycles. The summed E-state index contributed by atoms with van der Waals surface area (Å²) < 4.78 is 5.64. The average Bonchev–Trinajstić information content (AvgIpc) is 2.44. The molecular formula is C16H26N2O2. The number of nitrogens with two attached hydrogens (primary N) is 1. The maximum Gasteiger partial charge on any atom is 0.260 e. The van der Waals surface area contributed by atoms with E-state index < -0.39 is 0 Å². The van der Waals surface area contributed by atoms with E-state index in [0.29, 0.717) is 13.1 Å². The van der Waals surface area contributed by atoms with Gasteiger partial charge in [-0.05, 0) is 30.0 Å². The SMILES string of the molecule is CCc1ccccc1OCC(=O)N(C)CC(C)(C)CN. The van der Waals surface area contributed by atoms with Gasteiger partial charge < -0.3 is 15.4 Å². The van der Waals surface area contributed by atoms with E-state index in [9.17, 15) is 4.79 Å². The van der Waals surface area contributed by atoms with Gasteiger partial charge in [0.25, 0.3) is 5.91 Å². The van der Waals surface area contributed by atoms with E-state index in [1.807, 2.05) is 38.1 Å². The number of nitrogens with zero attached hydrogens (tertiary/aromatic N) is 1. The number of likely N-dealkylation sites (N-methyl/N-ethyl adjacent to an activating group) is 1. The fourth-order valence-corrected chi connectivity index (χ4v) is 1.98. The molecule has 0 saturated heterocycles. The minimum atomic E-state index is -0.0776. The Hall–Kier alpha value is -1.55. The van der Waals surface area contributed by atoms with Crippen molar-refractivity contribution in [1.82, 2.24) is 4.90 Å². The fourth-order valence-electron chi connectivity index (χ4n) is 1.98. The average molecular weight is 278 g/mol. The minimum absolute atomic E-state index is 0.0302. The molecule has 4 nitrogen and oxygen atoms in total. The zero-order valence-corrected chi connectivity index (χ0v) is 13.0. The second kappa shape index (κ2) is 7.29. The van der Waals surface area contributed by atoms with Crippen LogP contribution >= 0.6 is 0 Å². The Kier molecular flexibility index (Phi) is 6.02. The number of carbonyl (C=O) groups is 1. The molecule has 0 atom stereocenters. The molecule has 0 aliphatic rings. The number of hydrogen-bond acceptors (Lipinski definition) is 3. The number of amides is 1. The molecule has 1 amide bonds. The van der Waals surface area contributed by atoms with Crippen molar-refractivity contribution in [2.24, 2.45) is 11.1 Å². The first-order valence-corrected chi connectivity index (χ1v) is 7.04. The highest BCUT2D eigenvalue weighted by Crippen LogP contribution is 2.18. The molecule has 0 saturated carbocycles. The van der Waals surface area contributed by atoms with Crippen molar-refractivity contribution in [2.45, 2.75) is 27.2 Å². The van der Waals surface area contributed by atoms with Gasteiger partial charge in [0.2, 0.25) is 0 Å². The molecule has 0 aliphatic heterocycles. The van der Waals surface area contributed by atoms with Gasteiger partial charge in [0.1, 0.15) is 5.75 Å². The lowest BCUT2D eigenvalue weighted by molar-refractivity contribution is -0.133. The van der Waals surface area contributed by atoms with Crippen LogP contribution in [0.25, 0.3) is 0 Å². The van der Waals surface area contributed by atoms with E-state index >= 15 is 0 Å². The molecule has 112 valence electrons. The van der Waals surface area contributed by atoms with E-state index in [4.69, 9.17) is 10.5 Å². The Bertz CT molecular complexity index is 444. The molecule has 0 fully saturated rings. The molecule has 4 heteroatoms. The topological polar surface area (TPSA) is 55.6 Å². The monoisotopic (exact) mass is 278 g/mol. The molecule has 1 aromatic rings. The number of aryl methyl sites for hydroxylation is 1. The first kappa shape index (κ1) is 16.5. The van der Waals surface area contributed by atoms with Crippen molar-refractivity contribution in [2.75, 3.05) is 26.7 Å². The van der Waals surface area contributed by atoms with Crippen LogP contribution in [0.5, 0.6) is 5.75 Å².